The Balaban J connectivity index is 2.46. The molecule has 14 heavy (non-hydrogen) atoms. The molecule has 0 saturated heterocycles. The van der Waals surface area contributed by atoms with Crippen LogP contribution in [0.1, 0.15) is 26.3 Å². The van der Waals surface area contributed by atoms with Crippen LogP contribution in [0.25, 0.3) is 0 Å². The molecule has 1 nitrogen and oxygen atoms in total. The van der Waals surface area contributed by atoms with Gasteiger partial charge in [-0.3, -0.25) is 4.79 Å². The van der Waals surface area contributed by atoms with Crippen LogP contribution in [-0.2, 0) is 10.5 Å². The van der Waals surface area contributed by atoms with E-state index in [0.717, 1.165) is 5.75 Å². The molecule has 1 aromatic rings. The van der Waals surface area contributed by atoms with E-state index in [1.54, 1.807) is 0 Å². The maximum absolute atomic E-state index is 11.6. The van der Waals surface area contributed by atoms with Crippen LogP contribution in [0, 0.1) is 5.41 Å². The largest absolute Gasteiger partial charge is 0.287 e. The van der Waals surface area contributed by atoms with Gasteiger partial charge in [0, 0.05) is 11.2 Å². The van der Waals surface area contributed by atoms with Gasteiger partial charge in [0.2, 0.25) is 0 Å². The van der Waals surface area contributed by atoms with E-state index in [2.05, 4.69) is 0 Å². The van der Waals surface area contributed by atoms with Gasteiger partial charge in [0.25, 0.3) is 0 Å². The second-order valence-corrected chi connectivity index (χ2v) is 5.26. The molecule has 0 radical (unpaired) electrons. The standard InChI is InChI=1S/C12H16OS/c1-12(2,3)11(13)14-9-10-7-5-4-6-8-10/h4-8H,9H2,1-3H3. The molecule has 76 valence electrons. The summed E-state index contributed by atoms with van der Waals surface area (Å²) in [5, 5.41) is 0.251. The van der Waals surface area contributed by atoms with E-state index in [9.17, 15) is 4.79 Å². The summed E-state index contributed by atoms with van der Waals surface area (Å²) in [5.41, 5.74) is 0.967. The predicted molar refractivity (Wildman–Crippen MR) is 62.2 cm³/mol. The van der Waals surface area contributed by atoms with Gasteiger partial charge in [0.05, 0.1) is 0 Å². The van der Waals surface area contributed by atoms with Crippen LogP contribution in [-0.4, -0.2) is 5.12 Å². The van der Waals surface area contributed by atoms with Crippen molar-refractivity contribution < 1.29 is 4.79 Å². The summed E-state index contributed by atoms with van der Waals surface area (Å²) in [7, 11) is 0. The second-order valence-electron chi connectivity index (χ2n) is 4.31. The zero-order chi connectivity index (χ0) is 10.6. The summed E-state index contributed by atoms with van der Waals surface area (Å²) in [6.07, 6.45) is 0. The lowest BCUT2D eigenvalue weighted by Crippen LogP contribution is -2.16. The second kappa shape index (κ2) is 4.65. The lowest BCUT2D eigenvalue weighted by molar-refractivity contribution is -0.117. The first-order valence-corrected chi connectivity index (χ1v) is 5.70. The fourth-order valence-corrected chi connectivity index (χ4v) is 1.86. The summed E-state index contributed by atoms with van der Waals surface area (Å²) in [6.45, 7) is 5.86. The highest BCUT2D eigenvalue weighted by Crippen LogP contribution is 2.25. The first-order chi connectivity index (χ1) is 6.50. The van der Waals surface area contributed by atoms with Gasteiger partial charge in [0.1, 0.15) is 0 Å². The fraction of sp³-hybridized carbons (Fsp3) is 0.417. The highest BCUT2D eigenvalue weighted by molar-refractivity contribution is 8.13. The Bertz CT molecular complexity index is 298. The molecular formula is C12H16OS. The number of benzene rings is 1. The van der Waals surface area contributed by atoms with Gasteiger partial charge in [-0.25, -0.2) is 0 Å². The quantitative estimate of drug-likeness (QED) is 0.740. The molecule has 0 unspecified atom stereocenters. The lowest BCUT2D eigenvalue weighted by atomic mass is 10.00. The van der Waals surface area contributed by atoms with Crippen LogP contribution in [0.2, 0.25) is 0 Å². The van der Waals surface area contributed by atoms with Crippen molar-refractivity contribution in [1.29, 1.82) is 0 Å². The summed E-state index contributed by atoms with van der Waals surface area (Å²) < 4.78 is 0. The van der Waals surface area contributed by atoms with Gasteiger partial charge in [0.15, 0.2) is 5.12 Å². The maximum Gasteiger partial charge on any atom is 0.194 e. The van der Waals surface area contributed by atoms with Crippen LogP contribution >= 0.6 is 11.8 Å². The van der Waals surface area contributed by atoms with Crippen LogP contribution in [0.5, 0.6) is 0 Å². The molecule has 0 fully saturated rings. The van der Waals surface area contributed by atoms with Gasteiger partial charge < -0.3 is 0 Å². The van der Waals surface area contributed by atoms with Crippen molar-refractivity contribution in [3.05, 3.63) is 35.9 Å². The zero-order valence-corrected chi connectivity index (χ0v) is 9.73. The molecular weight excluding hydrogens is 192 g/mol. The number of carbonyl (C=O) groups is 1. The van der Waals surface area contributed by atoms with Crippen molar-refractivity contribution in [2.45, 2.75) is 26.5 Å². The third-order valence-corrected chi connectivity index (χ3v) is 3.18. The molecule has 0 N–H and O–H groups in total. The van der Waals surface area contributed by atoms with Gasteiger partial charge in [-0.2, -0.15) is 0 Å². The topological polar surface area (TPSA) is 17.1 Å². The number of hydrogen-bond donors (Lipinski definition) is 0. The average Bonchev–Trinajstić information content (AvgIpc) is 2.14. The molecule has 0 aliphatic rings. The summed E-state index contributed by atoms with van der Waals surface area (Å²) in [5.74, 6) is 0.775. The number of carbonyl (C=O) groups excluding carboxylic acids is 1. The lowest BCUT2D eigenvalue weighted by Gasteiger charge is -2.15. The van der Waals surface area contributed by atoms with E-state index in [-0.39, 0.29) is 10.5 Å². The Hall–Kier alpha value is -0.760. The zero-order valence-electron chi connectivity index (χ0n) is 8.91. The van der Waals surface area contributed by atoms with E-state index in [1.165, 1.54) is 17.3 Å². The van der Waals surface area contributed by atoms with Crippen LogP contribution in [0.15, 0.2) is 30.3 Å². The minimum atomic E-state index is -0.237. The van der Waals surface area contributed by atoms with E-state index in [0.29, 0.717) is 0 Å². The Kier molecular flexibility index (Phi) is 3.76. The first kappa shape index (κ1) is 11.3. The summed E-state index contributed by atoms with van der Waals surface area (Å²) >= 11 is 1.40. The van der Waals surface area contributed by atoms with Crippen molar-refractivity contribution in [3.8, 4) is 0 Å². The molecule has 1 aromatic carbocycles. The normalized spacial score (nSPS) is 11.4. The third kappa shape index (κ3) is 3.54. The van der Waals surface area contributed by atoms with Crippen molar-refractivity contribution in [3.63, 3.8) is 0 Å². The highest BCUT2D eigenvalue weighted by Gasteiger charge is 2.21. The third-order valence-electron chi connectivity index (χ3n) is 1.83. The van der Waals surface area contributed by atoms with Crippen molar-refractivity contribution >= 4 is 16.9 Å². The molecule has 0 saturated carbocycles. The molecule has 0 atom stereocenters. The van der Waals surface area contributed by atoms with Crippen molar-refractivity contribution in [2.75, 3.05) is 0 Å². The Morgan fingerprint density at radius 2 is 1.79 bits per heavy atom. The molecule has 1 rings (SSSR count). The molecule has 2 heteroatoms. The molecule has 0 heterocycles. The molecule has 0 aliphatic carbocycles. The Labute approximate surface area is 89.9 Å². The monoisotopic (exact) mass is 208 g/mol. The van der Waals surface area contributed by atoms with E-state index < -0.39 is 0 Å². The fourth-order valence-electron chi connectivity index (χ4n) is 0.940. The number of rotatable bonds is 2. The molecule has 0 aliphatic heterocycles. The Morgan fingerprint density at radius 1 is 1.21 bits per heavy atom. The van der Waals surface area contributed by atoms with Gasteiger partial charge in [-0.15, -0.1) is 0 Å². The van der Waals surface area contributed by atoms with E-state index in [1.807, 2.05) is 51.1 Å². The molecule has 0 bridgehead atoms. The summed E-state index contributed by atoms with van der Waals surface area (Å²) in [4.78, 5) is 11.6. The maximum atomic E-state index is 11.6. The van der Waals surface area contributed by atoms with E-state index >= 15 is 0 Å². The average molecular weight is 208 g/mol. The highest BCUT2D eigenvalue weighted by atomic mass is 32.2. The SMILES string of the molecule is CC(C)(C)C(=O)SCc1ccccc1. The summed E-state index contributed by atoms with van der Waals surface area (Å²) in [6, 6.07) is 10.1. The number of hydrogen-bond acceptors (Lipinski definition) is 2. The van der Waals surface area contributed by atoms with Crippen LogP contribution in [0.4, 0.5) is 0 Å². The van der Waals surface area contributed by atoms with Gasteiger partial charge >= 0.3 is 0 Å². The van der Waals surface area contributed by atoms with E-state index in [4.69, 9.17) is 0 Å². The predicted octanol–water partition coefficient (Wildman–Crippen LogP) is 3.49. The van der Waals surface area contributed by atoms with Crippen molar-refractivity contribution in [1.82, 2.24) is 0 Å². The van der Waals surface area contributed by atoms with Crippen LogP contribution < -0.4 is 0 Å². The van der Waals surface area contributed by atoms with Crippen molar-refractivity contribution in [2.24, 2.45) is 5.41 Å². The van der Waals surface area contributed by atoms with Gasteiger partial charge in [-0.05, 0) is 5.56 Å². The minimum Gasteiger partial charge on any atom is -0.287 e. The first-order valence-electron chi connectivity index (χ1n) is 4.71. The number of thioether (sulfide) groups is 1. The molecule has 0 amide bonds. The molecule has 0 aromatic heterocycles. The van der Waals surface area contributed by atoms with Crippen LogP contribution in [0.3, 0.4) is 0 Å². The molecule has 0 spiro atoms. The Morgan fingerprint density at radius 3 is 2.29 bits per heavy atom. The minimum absolute atomic E-state index is 0.237. The smallest absolute Gasteiger partial charge is 0.194 e. The van der Waals surface area contributed by atoms with Gasteiger partial charge in [-0.1, -0.05) is 62.9 Å².